The monoisotopic (exact) mass is 380 g/mol. The molecule has 2 aromatic rings. The first-order chi connectivity index (χ1) is 13.7. The van der Waals surface area contributed by atoms with Crippen molar-refractivity contribution in [3.8, 4) is 5.75 Å². The Morgan fingerprint density at radius 1 is 1.14 bits per heavy atom. The van der Waals surface area contributed by atoms with Crippen LogP contribution in [0.3, 0.4) is 0 Å². The van der Waals surface area contributed by atoms with Gasteiger partial charge in [0.1, 0.15) is 11.8 Å². The number of ether oxygens (including phenoxy) is 1. The number of hydrogen-bond donors (Lipinski definition) is 3. The third kappa shape index (κ3) is 3.72. The fraction of sp³-hybridized carbons (Fsp3) is 0.333. The van der Waals surface area contributed by atoms with E-state index in [1.807, 2.05) is 12.1 Å². The lowest BCUT2D eigenvalue weighted by molar-refractivity contribution is -0.118. The maximum atomic E-state index is 12.8. The number of nitrogens with zero attached hydrogens (tertiary/aromatic N) is 1. The molecular weight excluding hydrogens is 356 g/mol. The van der Waals surface area contributed by atoms with Crippen molar-refractivity contribution in [2.24, 2.45) is 0 Å². The molecule has 7 heteroatoms. The second kappa shape index (κ2) is 8.00. The quantitative estimate of drug-likeness (QED) is 0.731. The Labute approximate surface area is 164 Å². The molecule has 0 aliphatic carbocycles. The summed E-state index contributed by atoms with van der Waals surface area (Å²) in [6.07, 6.45) is 0.590. The molecule has 2 aliphatic heterocycles. The molecule has 0 saturated carbocycles. The number of hydrazine groups is 1. The standard InChI is InChI=1S/C21H24N4O3/c1-28-18-4-2-3-15(11-18)20(26)24-19-9-10-25(21(19)27)17-7-5-14(6-8-17)16-12-22-23-13-16/h2-8,11,16,19,22-23H,9-10,12-13H2,1H3,(H,24,26). The average Bonchev–Trinajstić information content (AvgIpc) is 3.39. The van der Waals surface area contributed by atoms with Gasteiger partial charge in [-0.25, -0.2) is 0 Å². The number of anilines is 1. The smallest absolute Gasteiger partial charge is 0.252 e. The van der Waals surface area contributed by atoms with E-state index in [4.69, 9.17) is 4.74 Å². The van der Waals surface area contributed by atoms with E-state index in [9.17, 15) is 9.59 Å². The van der Waals surface area contributed by atoms with Crippen LogP contribution in [0.4, 0.5) is 5.69 Å². The molecule has 2 heterocycles. The van der Waals surface area contributed by atoms with Crippen molar-refractivity contribution >= 4 is 17.5 Å². The molecule has 2 aliphatic rings. The van der Waals surface area contributed by atoms with Gasteiger partial charge in [0, 0.05) is 36.8 Å². The van der Waals surface area contributed by atoms with Crippen LogP contribution in [0.5, 0.6) is 5.75 Å². The first-order valence-electron chi connectivity index (χ1n) is 9.47. The highest BCUT2D eigenvalue weighted by atomic mass is 16.5. The van der Waals surface area contributed by atoms with Gasteiger partial charge in [-0.1, -0.05) is 18.2 Å². The van der Waals surface area contributed by atoms with Gasteiger partial charge in [0.2, 0.25) is 5.91 Å². The van der Waals surface area contributed by atoms with Crippen molar-refractivity contribution in [1.82, 2.24) is 16.2 Å². The molecule has 146 valence electrons. The Hall–Kier alpha value is -2.90. The van der Waals surface area contributed by atoms with Gasteiger partial charge in [0.15, 0.2) is 0 Å². The Morgan fingerprint density at radius 2 is 1.89 bits per heavy atom. The number of amides is 2. The van der Waals surface area contributed by atoms with Crippen LogP contribution in [0, 0.1) is 0 Å². The molecule has 28 heavy (non-hydrogen) atoms. The molecule has 1 unspecified atom stereocenters. The van der Waals surface area contributed by atoms with Gasteiger partial charge < -0.3 is 15.0 Å². The summed E-state index contributed by atoms with van der Waals surface area (Å²) < 4.78 is 5.15. The summed E-state index contributed by atoms with van der Waals surface area (Å²) in [6, 6.07) is 14.5. The van der Waals surface area contributed by atoms with E-state index in [2.05, 4.69) is 28.3 Å². The van der Waals surface area contributed by atoms with Crippen LogP contribution in [0.25, 0.3) is 0 Å². The minimum absolute atomic E-state index is 0.0757. The lowest BCUT2D eigenvalue weighted by Gasteiger charge is -2.18. The summed E-state index contributed by atoms with van der Waals surface area (Å²) in [4.78, 5) is 27.0. The van der Waals surface area contributed by atoms with Crippen LogP contribution in [0.2, 0.25) is 0 Å². The van der Waals surface area contributed by atoms with Crippen molar-refractivity contribution in [2.45, 2.75) is 18.4 Å². The Balaban J connectivity index is 1.41. The number of carbonyl (C=O) groups excluding carboxylic acids is 2. The van der Waals surface area contributed by atoms with Crippen molar-refractivity contribution in [3.05, 3.63) is 59.7 Å². The predicted octanol–water partition coefficient (Wildman–Crippen LogP) is 1.42. The first-order valence-corrected chi connectivity index (χ1v) is 9.47. The number of benzene rings is 2. The van der Waals surface area contributed by atoms with E-state index in [1.54, 1.807) is 36.3 Å². The summed E-state index contributed by atoms with van der Waals surface area (Å²) in [7, 11) is 1.56. The summed E-state index contributed by atoms with van der Waals surface area (Å²) >= 11 is 0. The first kappa shape index (κ1) is 18.5. The largest absolute Gasteiger partial charge is 0.497 e. The van der Waals surface area contributed by atoms with E-state index in [1.165, 1.54) is 5.56 Å². The Morgan fingerprint density at radius 3 is 2.61 bits per heavy atom. The lowest BCUT2D eigenvalue weighted by atomic mass is 10.00. The fourth-order valence-electron chi connectivity index (χ4n) is 3.70. The van der Waals surface area contributed by atoms with Gasteiger partial charge in [0.25, 0.3) is 5.91 Å². The van der Waals surface area contributed by atoms with E-state index < -0.39 is 6.04 Å². The fourth-order valence-corrected chi connectivity index (χ4v) is 3.70. The molecule has 2 aromatic carbocycles. The van der Waals surface area contributed by atoms with E-state index in [-0.39, 0.29) is 11.8 Å². The van der Waals surface area contributed by atoms with Gasteiger partial charge in [-0.3, -0.25) is 20.4 Å². The molecule has 0 spiro atoms. The molecule has 0 bridgehead atoms. The van der Waals surface area contributed by atoms with E-state index >= 15 is 0 Å². The number of rotatable bonds is 5. The molecule has 2 saturated heterocycles. The molecule has 0 radical (unpaired) electrons. The van der Waals surface area contributed by atoms with E-state index in [0.717, 1.165) is 18.8 Å². The molecule has 2 fully saturated rings. The molecule has 7 nitrogen and oxygen atoms in total. The minimum atomic E-state index is -0.512. The highest BCUT2D eigenvalue weighted by Crippen LogP contribution is 2.25. The van der Waals surface area contributed by atoms with Crippen LogP contribution >= 0.6 is 0 Å². The summed E-state index contributed by atoms with van der Waals surface area (Å²) in [5.41, 5.74) is 8.85. The number of nitrogens with one attached hydrogen (secondary N) is 3. The third-order valence-corrected chi connectivity index (χ3v) is 5.34. The van der Waals surface area contributed by atoms with Crippen molar-refractivity contribution in [2.75, 3.05) is 31.6 Å². The summed E-state index contributed by atoms with van der Waals surface area (Å²) in [5.74, 6) is 0.710. The van der Waals surface area contributed by atoms with Crippen molar-refractivity contribution in [1.29, 1.82) is 0 Å². The second-order valence-electron chi connectivity index (χ2n) is 7.09. The maximum Gasteiger partial charge on any atom is 0.252 e. The highest BCUT2D eigenvalue weighted by molar-refractivity contribution is 6.04. The van der Waals surface area contributed by atoms with Crippen LogP contribution in [-0.2, 0) is 4.79 Å². The minimum Gasteiger partial charge on any atom is -0.497 e. The normalized spacial score (nSPS) is 19.8. The lowest BCUT2D eigenvalue weighted by Crippen LogP contribution is -2.41. The zero-order valence-corrected chi connectivity index (χ0v) is 15.8. The topological polar surface area (TPSA) is 82.7 Å². The van der Waals surface area contributed by atoms with Crippen molar-refractivity contribution in [3.63, 3.8) is 0 Å². The van der Waals surface area contributed by atoms with Gasteiger partial charge in [-0.2, -0.15) is 0 Å². The molecule has 3 N–H and O–H groups in total. The SMILES string of the molecule is COc1cccc(C(=O)NC2CCN(c3ccc(C4CNNC4)cc3)C2=O)c1. The van der Waals surface area contributed by atoms with Crippen molar-refractivity contribution < 1.29 is 14.3 Å². The van der Waals surface area contributed by atoms with E-state index in [0.29, 0.717) is 30.2 Å². The Bertz CT molecular complexity index is 862. The zero-order valence-electron chi connectivity index (χ0n) is 15.8. The van der Waals surface area contributed by atoms with Crippen LogP contribution in [-0.4, -0.2) is 44.6 Å². The maximum absolute atomic E-state index is 12.8. The third-order valence-electron chi connectivity index (χ3n) is 5.34. The van der Waals surface area contributed by atoms with Gasteiger partial charge in [-0.15, -0.1) is 0 Å². The molecular formula is C21H24N4O3. The number of methoxy groups -OCH3 is 1. The van der Waals surface area contributed by atoms with Crippen LogP contribution in [0.15, 0.2) is 48.5 Å². The number of carbonyl (C=O) groups is 2. The highest BCUT2D eigenvalue weighted by Gasteiger charge is 2.34. The number of hydrogen-bond acceptors (Lipinski definition) is 5. The van der Waals surface area contributed by atoms with Gasteiger partial charge in [0.05, 0.1) is 7.11 Å². The van der Waals surface area contributed by atoms with Gasteiger partial charge in [-0.05, 0) is 42.3 Å². The molecule has 4 rings (SSSR count). The molecule has 2 amide bonds. The molecule has 1 atom stereocenters. The predicted molar refractivity (Wildman–Crippen MR) is 106 cm³/mol. The molecule has 0 aromatic heterocycles. The van der Waals surface area contributed by atoms with Crippen LogP contribution < -0.4 is 25.8 Å². The summed E-state index contributed by atoms with van der Waals surface area (Å²) in [6.45, 7) is 2.40. The zero-order chi connectivity index (χ0) is 19.5. The van der Waals surface area contributed by atoms with Crippen LogP contribution in [0.1, 0.15) is 28.3 Å². The Kier molecular flexibility index (Phi) is 5.27. The average molecular weight is 380 g/mol. The summed E-state index contributed by atoms with van der Waals surface area (Å²) in [5, 5.41) is 2.85. The second-order valence-corrected chi connectivity index (χ2v) is 7.09. The van der Waals surface area contributed by atoms with Gasteiger partial charge >= 0.3 is 0 Å².